The summed E-state index contributed by atoms with van der Waals surface area (Å²) in [7, 11) is 1.65. The molecule has 0 aliphatic rings. The molecule has 0 aliphatic carbocycles. The molecule has 0 rings (SSSR count). The fourth-order valence-corrected chi connectivity index (χ4v) is 1.02. The maximum absolute atomic E-state index is 8.92. The molecule has 0 heterocycles. The molecule has 0 aromatic heterocycles. The van der Waals surface area contributed by atoms with Gasteiger partial charge < -0.3 is 19.9 Å². The zero-order valence-electron chi connectivity index (χ0n) is 8.58. The Balaban J connectivity index is 3.17. The first-order valence-electron chi connectivity index (χ1n) is 4.76. The molecule has 0 saturated heterocycles. The highest BCUT2D eigenvalue weighted by Gasteiger charge is 2.03. The Morgan fingerprint density at radius 3 is 2.62 bits per heavy atom. The second-order valence-corrected chi connectivity index (χ2v) is 2.83. The van der Waals surface area contributed by atoms with Crippen LogP contribution in [0.2, 0.25) is 0 Å². The van der Waals surface area contributed by atoms with E-state index in [-0.39, 0.29) is 12.6 Å². The number of aliphatic hydroxyl groups is 1. The van der Waals surface area contributed by atoms with E-state index in [9.17, 15) is 0 Å². The quantitative estimate of drug-likeness (QED) is 0.504. The van der Waals surface area contributed by atoms with Gasteiger partial charge in [0.25, 0.3) is 0 Å². The van der Waals surface area contributed by atoms with Crippen LogP contribution in [0.25, 0.3) is 0 Å². The standard InChI is InChI=1S/C9H21NO3/c1-3-10-9(8-11)4-5-13-7-6-12-2/h9-11H,3-8H2,1-2H3. The van der Waals surface area contributed by atoms with Gasteiger partial charge in [-0.1, -0.05) is 6.92 Å². The van der Waals surface area contributed by atoms with Gasteiger partial charge in [0.2, 0.25) is 0 Å². The Hall–Kier alpha value is -0.160. The van der Waals surface area contributed by atoms with Gasteiger partial charge in [0.1, 0.15) is 0 Å². The molecule has 1 atom stereocenters. The number of aliphatic hydroxyl groups excluding tert-OH is 1. The molecule has 4 heteroatoms. The summed E-state index contributed by atoms with van der Waals surface area (Å²) < 4.78 is 10.1. The molecule has 1 unspecified atom stereocenters. The van der Waals surface area contributed by atoms with Crippen LogP contribution in [0.4, 0.5) is 0 Å². The lowest BCUT2D eigenvalue weighted by molar-refractivity contribution is 0.0625. The first kappa shape index (κ1) is 12.8. The van der Waals surface area contributed by atoms with Crippen molar-refractivity contribution in [3.05, 3.63) is 0 Å². The maximum atomic E-state index is 8.92. The molecule has 0 aliphatic heterocycles. The zero-order valence-corrected chi connectivity index (χ0v) is 8.58. The average molecular weight is 191 g/mol. The van der Waals surface area contributed by atoms with Crippen molar-refractivity contribution >= 4 is 0 Å². The van der Waals surface area contributed by atoms with Gasteiger partial charge >= 0.3 is 0 Å². The molecular formula is C9H21NO3. The van der Waals surface area contributed by atoms with Gasteiger partial charge in [-0.05, 0) is 13.0 Å². The smallest absolute Gasteiger partial charge is 0.0700 e. The van der Waals surface area contributed by atoms with Gasteiger partial charge in [-0.15, -0.1) is 0 Å². The van der Waals surface area contributed by atoms with E-state index in [2.05, 4.69) is 5.32 Å². The second-order valence-electron chi connectivity index (χ2n) is 2.83. The first-order valence-corrected chi connectivity index (χ1v) is 4.76. The van der Waals surface area contributed by atoms with E-state index >= 15 is 0 Å². The van der Waals surface area contributed by atoms with E-state index in [1.165, 1.54) is 0 Å². The molecular weight excluding hydrogens is 170 g/mol. The molecule has 2 N–H and O–H groups in total. The van der Waals surface area contributed by atoms with E-state index in [1.54, 1.807) is 7.11 Å². The summed E-state index contributed by atoms with van der Waals surface area (Å²) in [5.74, 6) is 0. The minimum absolute atomic E-state index is 0.160. The first-order chi connectivity index (χ1) is 6.35. The Morgan fingerprint density at radius 2 is 2.08 bits per heavy atom. The van der Waals surface area contributed by atoms with Gasteiger partial charge in [0.15, 0.2) is 0 Å². The van der Waals surface area contributed by atoms with Gasteiger partial charge in [-0.2, -0.15) is 0 Å². The summed E-state index contributed by atoms with van der Waals surface area (Å²) in [6, 6.07) is 0.160. The van der Waals surface area contributed by atoms with Crippen LogP contribution in [-0.2, 0) is 9.47 Å². The van der Waals surface area contributed by atoms with Crippen LogP contribution in [0, 0.1) is 0 Å². The van der Waals surface area contributed by atoms with Crippen molar-refractivity contribution in [3.8, 4) is 0 Å². The zero-order chi connectivity index (χ0) is 9.94. The van der Waals surface area contributed by atoms with Crippen LogP contribution >= 0.6 is 0 Å². The van der Waals surface area contributed by atoms with E-state index in [4.69, 9.17) is 14.6 Å². The second kappa shape index (κ2) is 9.92. The predicted molar refractivity (Wildman–Crippen MR) is 51.9 cm³/mol. The van der Waals surface area contributed by atoms with Gasteiger partial charge in [-0.25, -0.2) is 0 Å². The fraction of sp³-hybridized carbons (Fsp3) is 1.00. The Kier molecular flexibility index (Phi) is 9.80. The monoisotopic (exact) mass is 191 g/mol. The molecule has 4 nitrogen and oxygen atoms in total. The number of hydrogen-bond donors (Lipinski definition) is 2. The topological polar surface area (TPSA) is 50.7 Å². The van der Waals surface area contributed by atoms with Gasteiger partial charge in [0.05, 0.1) is 19.8 Å². The minimum Gasteiger partial charge on any atom is -0.395 e. The summed E-state index contributed by atoms with van der Waals surface area (Å²) in [5, 5.41) is 12.1. The third kappa shape index (κ3) is 8.18. The number of ether oxygens (including phenoxy) is 2. The third-order valence-electron chi connectivity index (χ3n) is 1.76. The summed E-state index contributed by atoms with van der Waals surface area (Å²) in [6.45, 7) is 4.99. The lowest BCUT2D eigenvalue weighted by atomic mass is 10.2. The van der Waals surface area contributed by atoms with Crippen molar-refractivity contribution in [2.45, 2.75) is 19.4 Å². The summed E-state index contributed by atoms with van der Waals surface area (Å²) in [5.41, 5.74) is 0. The number of nitrogens with one attached hydrogen (secondary N) is 1. The molecule has 0 amide bonds. The van der Waals surface area contributed by atoms with Crippen LogP contribution in [0.5, 0.6) is 0 Å². The van der Waals surface area contributed by atoms with Crippen molar-refractivity contribution in [2.75, 3.05) is 40.1 Å². The largest absolute Gasteiger partial charge is 0.395 e. The lowest BCUT2D eigenvalue weighted by Gasteiger charge is -2.14. The number of methoxy groups -OCH3 is 1. The van der Waals surface area contributed by atoms with E-state index in [0.29, 0.717) is 19.8 Å². The van der Waals surface area contributed by atoms with E-state index < -0.39 is 0 Å². The van der Waals surface area contributed by atoms with Crippen LogP contribution in [-0.4, -0.2) is 51.2 Å². The minimum atomic E-state index is 0.160. The highest BCUT2D eigenvalue weighted by atomic mass is 16.5. The van der Waals surface area contributed by atoms with Crippen molar-refractivity contribution in [3.63, 3.8) is 0 Å². The van der Waals surface area contributed by atoms with Crippen molar-refractivity contribution in [2.24, 2.45) is 0 Å². The summed E-state index contributed by atoms with van der Waals surface area (Å²) >= 11 is 0. The van der Waals surface area contributed by atoms with E-state index in [0.717, 1.165) is 13.0 Å². The molecule has 13 heavy (non-hydrogen) atoms. The number of rotatable bonds is 9. The molecule has 0 spiro atoms. The normalized spacial score (nSPS) is 13.2. The fourth-order valence-electron chi connectivity index (χ4n) is 1.02. The van der Waals surface area contributed by atoms with Crippen molar-refractivity contribution < 1.29 is 14.6 Å². The number of likely N-dealkylation sites (N-methyl/N-ethyl adjacent to an activating group) is 1. The Morgan fingerprint density at radius 1 is 1.31 bits per heavy atom. The molecule has 80 valence electrons. The summed E-state index contributed by atoms with van der Waals surface area (Å²) in [4.78, 5) is 0. The predicted octanol–water partition coefficient (Wildman–Crippen LogP) is 0.00990. The molecule has 0 fully saturated rings. The van der Waals surface area contributed by atoms with E-state index in [1.807, 2.05) is 6.92 Å². The number of hydrogen-bond acceptors (Lipinski definition) is 4. The summed E-state index contributed by atoms with van der Waals surface area (Å²) in [6.07, 6.45) is 0.841. The highest BCUT2D eigenvalue weighted by molar-refractivity contribution is 4.63. The van der Waals surface area contributed by atoms with Crippen LogP contribution < -0.4 is 5.32 Å². The molecule has 0 aromatic carbocycles. The average Bonchev–Trinajstić information content (AvgIpc) is 2.16. The third-order valence-corrected chi connectivity index (χ3v) is 1.76. The van der Waals surface area contributed by atoms with Gasteiger partial charge in [0, 0.05) is 19.8 Å². The molecule has 0 radical (unpaired) electrons. The van der Waals surface area contributed by atoms with Crippen LogP contribution in [0.3, 0.4) is 0 Å². The molecule has 0 aromatic rings. The van der Waals surface area contributed by atoms with Crippen LogP contribution in [0.15, 0.2) is 0 Å². The Labute approximate surface area is 80.2 Å². The maximum Gasteiger partial charge on any atom is 0.0700 e. The lowest BCUT2D eigenvalue weighted by Crippen LogP contribution is -2.33. The highest BCUT2D eigenvalue weighted by Crippen LogP contribution is 1.91. The van der Waals surface area contributed by atoms with Crippen LogP contribution in [0.1, 0.15) is 13.3 Å². The molecule has 0 bridgehead atoms. The van der Waals surface area contributed by atoms with Crippen molar-refractivity contribution in [1.29, 1.82) is 0 Å². The van der Waals surface area contributed by atoms with Gasteiger partial charge in [-0.3, -0.25) is 0 Å². The van der Waals surface area contributed by atoms with Crippen molar-refractivity contribution in [1.82, 2.24) is 5.32 Å². The molecule has 0 saturated carbocycles. The SMILES string of the molecule is CCNC(CO)CCOCCOC. The Bertz CT molecular complexity index is 101.